The van der Waals surface area contributed by atoms with E-state index in [1.54, 1.807) is 12.4 Å². The molecule has 1 N–H and O–H groups in total. The normalized spacial score (nSPS) is 14.1. The monoisotopic (exact) mass is 276 g/mol. The number of nitrogens with zero attached hydrogens (tertiary/aromatic N) is 1. The summed E-state index contributed by atoms with van der Waals surface area (Å²) < 4.78 is 10.8. The fraction of sp³-hybridized carbons (Fsp3) is 0.357. The molecule has 2 aromatic rings. The van der Waals surface area contributed by atoms with Gasteiger partial charge in [0.25, 0.3) is 0 Å². The van der Waals surface area contributed by atoms with Gasteiger partial charge in [-0.05, 0) is 30.0 Å². The Bertz CT molecular complexity index is 533. The Morgan fingerprint density at radius 2 is 1.89 bits per heavy atom. The van der Waals surface area contributed by atoms with E-state index in [9.17, 15) is 0 Å². The highest BCUT2D eigenvalue weighted by atomic mass is 28.3. The van der Waals surface area contributed by atoms with Crippen LogP contribution < -0.4 is 8.85 Å². The molecule has 0 saturated carbocycles. The molecule has 2 heterocycles. The standard InChI is InChI=1S/C10H14O2Si.C4H6N2/c1-10(2,3)7-4-5-8-9(6-7)12-13-11-8;1-4-5-2-3-6-4/h4-6H,13H2,1-3H3;2-3H,1H3,(H,5,6). The Morgan fingerprint density at radius 1 is 1.16 bits per heavy atom. The predicted octanol–water partition coefficient (Wildman–Crippen LogP) is 2.47. The number of fused-ring (bicyclic) bond motifs is 1. The van der Waals surface area contributed by atoms with Gasteiger partial charge < -0.3 is 13.8 Å². The second-order valence-corrected chi connectivity index (χ2v) is 6.31. The van der Waals surface area contributed by atoms with Crippen molar-refractivity contribution in [2.75, 3.05) is 0 Å². The van der Waals surface area contributed by atoms with Crippen LogP contribution in [0.25, 0.3) is 0 Å². The molecule has 0 bridgehead atoms. The van der Waals surface area contributed by atoms with E-state index >= 15 is 0 Å². The van der Waals surface area contributed by atoms with Crippen LogP contribution >= 0.6 is 0 Å². The third-order valence-electron chi connectivity index (χ3n) is 2.87. The van der Waals surface area contributed by atoms with Gasteiger partial charge in [-0.1, -0.05) is 26.8 Å². The van der Waals surface area contributed by atoms with Crippen LogP contribution in [0.5, 0.6) is 11.5 Å². The molecule has 0 amide bonds. The molecule has 4 nitrogen and oxygen atoms in total. The van der Waals surface area contributed by atoms with Crippen molar-refractivity contribution in [3.8, 4) is 11.5 Å². The van der Waals surface area contributed by atoms with E-state index in [1.165, 1.54) is 5.56 Å². The van der Waals surface area contributed by atoms with Crippen molar-refractivity contribution in [1.29, 1.82) is 0 Å². The molecule has 0 radical (unpaired) electrons. The molecule has 0 saturated heterocycles. The number of hydrogen-bond acceptors (Lipinski definition) is 3. The first kappa shape index (κ1) is 13.7. The van der Waals surface area contributed by atoms with Crippen LogP contribution in [0.1, 0.15) is 32.2 Å². The Morgan fingerprint density at radius 3 is 2.42 bits per heavy atom. The van der Waals surface area contributed by atoms with Gasteiger partial charge >= 0.3 is 10.0 Å². The summed E-state index contributed by atoms with van der Waals surface area (Å²) >= 11 is 0. The first-order chi connectivity index (χ1) is 8.97. The minimum Gasteiger partial charge on any atom is -0.513 e. The number of aryl methyl sites for hydroxylation is 1. The largest absolute Gasteiger partial charge is 0.513 e. The topological polar surface area (TPSA) is 47.1 Å². The molecule has 0 atom stereocenters. The van der Waals surface area contributed by atoms with Gasteiger partial charge in [-0.3, -0.25) is 0 Å². The average molecular weight is 276 g/mol. The quantitative estimate of drug-likeness (QED) is 0.752. The number of hydrogen-bond donors (Lipinski definition) is 1. The second-order valence-electron chi connectivity index (χ2n) is 5.49. The van der Waals surface area contributed by atoms with Crippen molar-refractivity contribution >= 4 is 10.0 Å². The van der Waals surface area contributed by atoms with E-state index < -0.39 is 10.0 Å². The SMILES string of the molecule is CC(C)(C)c1ccc2c(c1)O[SiH2]O2.Cc1ncc[nH]1. The summed E-state index contributed by atoms with van der Waals surface area (Å²) in [5, 5.41) is 0. The van der Waals surface area contributed by atoms with Gasteiger partial charge in [0.1, 0.15) is 17.3 Å². The van der Waals surface area contributed by atoms with Crippen LogP contribution in [-0.2, 0) is 5.41 Å². The molecule has 5 heteroatoms. The maximum Gasteiger partial charge on any atom is 0.427 e. The first-order valence-electron chi connectivity index (χ1n) is 6.33. The van der Waals surface area contributed by atoms with Crippen molar-refractivity contribution in [2.45, 2.75) is 33.1 Å². The van der Waals surface area contributed by atoms with Gasteiger partial charge in [-0.25, -0.2) is 4.98 Å². The van der Waals surface area contributed by atoms with Crippen molar-refractivity contribution < 1.29 is 8.85 Å². The van der Waals surface area contributed by atoms with Crippen LogP contribution in [0.2, 0.25) is 0 Å². The number of H-pyrrole nitrogens is 1. The van der Waals surface area contributed by atoms with E-state index in [2.05, 4.69) is 42.9 Å². The van der Waals surface area contributed by atoms with E-state index in [-0.39, 0.29) is 5.41 Å². The smallest absolute Gasteiger partial charge is 0.427 e. The molecular weight excluding hydrogens is 256 g/mol. The summed E-state index contributed by atoms with van der Waals surface area (Å²) in [6.07, 6.45) is 3.53. The summed E-state index contributed by atoms with van der Waals surface area (Å²) in [6.45, 7) is 8.51. The Kier molecular flexibility index (Phi) is 3.95. The number of aromatic amines is 1. The summed E-state index contributed by atoms with van der Waals surface area (Å²) in [6, 6.07) is 6.22. The highest BCUT2D eigenvalue weighted by Crippen LogP contribution is 2.35. The number of imidazole rings is 1. The fourth-order valence-electron chi connectivity index (χ4n) is 1.71. The maximum atomic E-state index is 5.45. The van der Waals surface area contributed by atoms with Crippen molar-refractivity contribution in [2.24, 2.45) is 0 Å². The van der Waals surface area contributed by atoms with Crippen molar-refractivity contribution in [3.63, 3.8) is 0 Å². The van der Waals surface area contributed by atoms with E-state index in [0.29, 0.717) is 0 Å². The van der Waals surface area contributed by atoms with Gasteiger partial charge in [0, 0.05) is 12.4 Å². The first-order valence-corrected chi connectivity index (χ1v) is 7.48. The zero-order chi connectivity index (χ0) is 13.9. The molecule has 1 aromatic heterocycles. The van der Waals surface area contributed by atoms with Crippen LogP contribution in [0.4, 0.5) is 0 Å². The number of nitrogens with one attached hydrogen (secondary N) is 1. The maximum absolute atomic E-state index is 5.45. The third kappa shape index (κ3) is 3.60. The minimum atomic E-state index is -0.770. The summed E-state index contributed by atoms with van der Waals surface area (Å²) in [7, 11) is -0.770. The van der Waals surface area contributed by atoms with Crippen LogP contribution in [-0.4, -0.2) is 20.0 Å². The summed E-state index contributed by atoms with van der Waals surface area (Å²) in [4.78, 5) is 6.75. The van der Waals surface area contributed by atoms with Crippen LogP contribution in [0.15, 0.2) is 30.6 Å². The molecule has 1 aliphatic rings. The highest BCUT2D eigenvalue weighted by molar-refractivity contribution is 6.22. The zero-order valence-electron chi connectivity index (χ0n) is 11.9. The highest BCUT2D eigenvalue weighted by Gasteiger charge is 2.19. The Labute approximate surface area is 116 Å². The van der Waals surface area contributed by atoms with Gasteiger partial charge in [0.05, 0.1) is 0 Å². The van der Waals surface area contributed by atoms with E-state index in [0.717, 1.165) is 17.3 Å². The molecule has 0 aliphatic carbocycles. The molecule has 1 aromatic carbocycles. The molecule has 3 rings (SSSR count). The summed E-state index contributed by atoms with van der Waals surface area (Å²) in [5.74, 6) is 2.81. The van der Waals surface area contributed by atoms with Gasteiger partial charge in [-0.2, -0.15) is 0 Å². The van der Waals surface area contributed by atoms with Crippen LogP contribution in [0.3, 0.4) is 0 Å². The summed E-state index contributed by atoms with van der Waals surface area (Å²) in [5.41, 5.74) is 1.48. The fourth-order valence-corrected chi connectivity index (χ4v) is 2.48. The van der Waals surface area contributed by atoms with Gasteiger partial charge in [-0.15, -0.1) is 0 Å². The molecule has 1 aliphatic heterocycles. The Balaban J connectivity index is 0.000000186. The number of benzene rings is 1. The molecule has 0 fully saturated rings. The number of aromatic nitrogens is 2. The molecule has 0 unspecified atom stereocenters. The lowest BCUT2D eigenvalue weighted by atomic mass is 9.87. The van der Waals surface area contributed by atoms with Crippen molar-refractivity contribution in [1.82, 2.24) is 9.97 Å². The molecule has 0 spiro atoms. The number of rotatable bonds is 0. The Hall–Kier alpha value is -1.75. The van der Waals surface area contributed by atoms with Gasteiger partial charge in [0.15, 0.2) is 0 Å². The lowest BCUT2D eigenvalue weighted by Gasteiger charge is -2.19. The molecule has 102 valence electrons. The molecular formula is C14H20N2O2Si. The van der Waals surface area contributed by atoms with E-state index in [1.807, 2.05) is 13.0 Å². The van der Waals surface area contributed by atoms with Crippen LogP contribution in [0, 0.1) is 6.92 Å². The third-order valence-corrected chi connectivity index (χ3v) is 3.73. The zero-order valence-corrected chi connectivity index (χ0v) is 13.3. The van der Waals surface area contributed by atoms with Crippen molar-refractivity contribution in [3.05, 3.63) is 42.0 Å². The lowest BCUT2D eigenvalue weighted by Crippen LogP contribution is -2.10. The van der Waals surface area contributed by atoms with Gasteiger partial charge in [0.2, 0.25) is 0 Å². The lowest BCUT2D eigenvalue weighted by molar-refractivity contribution is 0.540. The second kappa shape index (κ2) is 5.48. The minimum absolute atomic E-state index is 0.183. The van der Waals surface area contributed by atoms with E-state index in [4.69, 9.17) is 8.85 Å². The predicted molar refractivity (Wildman–Crippen MR) is 78.3 cm³/mol. The average Bonchev–Trinajstić information content (AvgIpc) is 2.97. The molecule has 19 heavy (non-hydrogen) atoms.